The van der Waals surface area contributed by atoms with Crippen LogP contribution in [0.4, 0.5) is 0 Å². The first-order valence-electron chi connectivity index (χ1n) is 10.1. The second-order valence-electron chi connectivity index (χ2n) is 7.92. The number of pyridine rings is 1. The summed E-state index contributed by atoms with van der Waals surface area (Å²) in [6.07, 6.45) is 8.11. The number of nitriles is 1. The highest BCUT2D eigenvalue weighted by Crippen LogP contribution is 2.34. The van der Waals surface area contributed by atoms with Gasteiger partial charge in [-0.15, -0.1) is 0 Å². The third-order valence-electron chi connectivity index (χ3n) is 6.08. The molecule has 4 heterocycles. The van der Waals surface area contributed by atoms with E-state index < -0.39 is 0 Å². The van der Waals surface area contributed by atoms with Gasteiger partial charge in [-0.25, -0.2) is 4.98 Å². The van der Waals surface area contributed by atoms with Gasteiger partial charge in [-0.05, 0) is 44.4 Å². The molecule has 0 atom stereocenters. The molecule has 0 saturated carbocycles. The van der Waals surface area contributed by atoms with E-state index in [1.807, 2.05) is 18.2 Å². The Morgan fingerprint density at radius 2 is 1.89 bits per heavy atom. The predicted molar refractivity (Wildman–Crippen MR) is 104 cm³/mol. The topological polar surface area (TPSA) is 56.8 Å². The van der Waals surface area contributed by atoms with Gasteiger partial charge in [0.2, 0.25) is 0 Å². The van der Waals surface area contributed by atoms with E-state index in [-0.39, 0.29) is 5.41 Å². The van der Waals surface area contributed by atoms with Crippen molar-refractivity contribution in [2.24, 2.45) is 5.41 Å². The summed E-state index contributed by atoms with van der Waals surface area (Å²) in [6.45, 7) is 7.91. The molecule has 0 spiro atoms. The summed E-state index contributed by atoms with van der Waals surface area (Å²) in [5.41, 5.74) is 2.03. The van der Waals surface area contributed by atoms with Gasteiger partial charge in [0.25, 0.3) is 0 Å². The molecule has 2 saturated heterocycles. The molecular formula is C21H29N5O. The highest BCUT2D eigenvalue weighted by atomic mass is 16.5. The fraction of sp³-hybridized carbons (Fsp3) is 0.619. The third kappa shape index (κ3) is 4.49. The smallest absolute Gasteiger partial charge is 0.137 e. The van der Waals surface area contributed by atoms with Crippen molar-refractivity contribution in [3.63, 3.8) is 0 Å². The summed E-state index contributed by atoms with van der Waals surface area (Å²) in [6, 6.07) is 8.70. The van der Waals surface area contributed by atoms with Crippen LogP contribution < -0.4 is 0 Å². The number of hydrogen-bond acceptors (Lipinski definition) is 5. The molecule has 2 fully saturated rings. The maximum atomic E-state index is 9.57. The molecule has 4 rings (SSSR count). The third-order valence-corrected chi connectivity index (χ3v) is 6.08. The van der Waals surface area contributed by atoms with Crippen molar-refractivity contribution in [2.45, 2.75) is 32.2 Å². The molecule has 2 aromatic rings. The molecule has 2 aliphatic heterocycles. The Hall–Kier alpha value is -1.94. The Morgan fingerprint density at radius 1 is 1.11 bits per heavy atom. The highest BCUT2D eigenvalue weighted by Gasteiger charge is 2.32. The van der Waals surface area contributed by atoms with E-state index in [1.54, 1.807) is 0 Å². The zero-order chi connectivity index (χ0) is 18.5. The lowest BCUT2D eigenvalue weighted by atomic mass is 9.78. The fourth-order valence-corrected chi connectivity index (χ4v) is 4.28. The van der Waals surface area contributed by atoms with Crippen molar-refractivity contribution in [3.05, 3.63) is 36.3 Å². The minimum atomic E-state index is -0.136. The van der Waals surface area contributed by atoms with Crippen molar-refractivity contribution in [2.75, 3.05) is 45.9 Å². The molecule has 0 amide bonds. The Labute approximate surface area is 161 Å². The van der Waals surface area contributed by atoms with Crippen LogP contribution in [0.5, 0.6) is 0 Å². The normalized spacial score (nSPS) is 21.3. The number of nitrogens with zero attached hydrogens (tertiary/aromatic N) is 5. The Balaban J connectivity index is 1.20. The second kappa shape index (κ2) is 8.39. The number of hydrogen-bond donors (Lipinski definition) is 0. The summed E-state index contributed by atoms with van der Waals surface area (Å²) < 4.78 is 7.52. The second-order valence-corrected chi connectivity index (χ2v) is 7.92. The van der Waals surface area contributed by atoms with E-state index >= 15 is 0 Å². The Kier molecular flexibility index (Phi) is 5.72. The maximum Gasteiger partial charge on any atom is 0.137 e. The van der Waals surface area contributed by atoms with Gasteiger partial charge in [0.05, 0.1) is 17.2 Å². The summed E-state index contributed by atoms with van der Waals surface area (Å²) in [4.78, 5) is 9.75. The summed E-state index contributed by atoms with van der Waals surface area (Å²) in [5, 5.41) is 9.57. The van der Waals surface area contributed by atoms with Crippen molar-refractivity contribution in [1.82, 2.24) is 19.2 Å². The molecule has 0 bridgehead atoms. The van der Waals surface area contributed by atoms with Crippen LogP contribution in [0.2, 0.25) is 0 Å². The molecule has 6 nitrogen and oxygen atoms in total. The lowest BCUT2D eigenvalue weighted by Gasteiger charge is -2.35. The molecule has 0 N–H and O–H groups in total. The van der Waals surface area contributed by atoms with Crippen LogP contribution in [-0.2, 0) is 11.3 Å². The van der Waals surface area contributed by atoms with Gasteiger partial charge in [0, 0.05) is 58.3 Å². The van der Waals surface area contributed by atoms with Crippen molar-refractivity contribution in [3.8, 4) is 6.07 Å². The molecule has 0 aromatic carbocycles. The fourth-order valence-electron chi connectivity index (χ4n) is 4.28. The van der Waals surface area contributed by atoms with Gasteiger partial charge in [0.1, 0.15) is 5.65 Å². The van der Waals surface area contributed by atoms with E-state index in [9.17, 15) is 5.26 Å². The molecule has 0 radical (unpaired) electrons. The first-order valence-corrected chi connectivity index (χ1v) is 10.1. The molecule has 6 heteroatoms. The van der Waals surface area contributed by atoms with Crippen LogP contribution in [-0.4, -0.2) is 65.1 Å². The van der Waals surface area contributed by atoms with E-state index in [0.29, 0.717) is 0 Å². The lowest BCUT2D eigenvalue weighted by Crippen LogP contribution is -2.46. The minimum absolute atomic E-state index is 0.136. The quantitative estimate of drug-likeness (QED) is 0.785. The average molecular weight is 367 g/mol. The van der Waals surface area contributed by atoms with Gasteiger partial charge < -0.3 is 14.0 Å². The maximum absolute atomic E-state index is 9.57. The van der Waals surface area contributed by atoms with Crippen LogP contribution in [0.15, 0.2) is 30.6 Å². The van der Waals surface area contributed by atoms with Gasteiger partial charge in [-0.3, -0.25) is 4.90 Å². The SMILES string of the molecule is N#CC1(CCCN2CCN(Cc3cn4ccccc4n3)CC2)CCOCC1. The standard InChI is InChI=1S/C21H29N5O/c22-18-21(6-14-27-15-7-21)5-3-8-24-10-12-25(13-11-24)16-19-17-26-9-2-1-4-20(26)23-19/h1-2,4,9,17H,3,5-8,10-16H2. The van der Waals surface area contributed by atoms with E-state index in [0.717, 1.165) is 89.5 Å². The minimum Gasteiger partial charge on any atom is -0.381 e. The molecular weight excluding hydrogens is 338 g/mol. The van der Waals surface area contributed by atoms with Gasteiger partial charge in [-0.2, -0.15) is 5.26 Å². The van der Waals surface area contributed by atoms with Crippen LogP contribution in [0.3, 0.4) is 0 Å². The molecule has 0 aliphatic carbocycles. The van der Waals surface area contributed by atoms with E-state index in [1.165, 1.54) is 0 Å². The van der Waals surface area contributed by atoms with Crippen LogP contribution in [0.25, 0.3) is 5.65 Å². The highest BCUT2D eigenvalue weighted by molar-refractivity contribution is 5.39. The van der Waals surface area contributed by atoms with Crippen LogP contribution >= 0.6 is 0 Å². The molecule has 2 aromatic heterocycles. The Morgan fingerprint density at radius 3 is 2.63 bits per heavy atom. The summed E-state index contributed by atoms with van der Waals surface area (Å²) in [7, 11) is 0. The molecule has 144 valence electrons. The first kappa shape index (κ1) is 18.4. The molecule has 27 heavy (non-hydrogen) atoms. The number of ether oxygens (including phenoxy) is 1. The zero-order valence-corrected chi connectivity index (χ0v) is 16.0. The number of rotatable bonds is 6. The number of fused-ring (bicyclic) bond motifs is 1. The van der Waals surface area contributed by atoms with E-state index in [2.05, 4.69) is 32.7 Å². The summed E-state index contributed by atoms with van der Waals surface area (Å²) in [5.74, 6) is 0. The zero-order valence-electron chi connectivity index (χ0n) is 16.0. The van der Waals surface area contributed by atoms with E-state index in [4.69, 9.17) is 9.72 Å². The number of aromatic nitrogens is 2. The Bertz CT molecular complexity index is 748. The monoisotopic (exact) mass is 367 g/mol. The molecule has 2 aliphatic rings. The summed E-state index contributed by atoms with van der Waals surface area (Å²) >= 11 is 0. The van der Waals surface area contributed by atoms with Gasteiger partial charge >= 0.3 is 0 Å². The number of piperazine rings is 1. The average Bonchev–Trinajstić information content (AvgIpc) is 3.12. The van der Waals surface area contributed by atoms with Crippen molar-refractivity contribution < 1.29 is 4.74 Å². The van der Waals surface area contributed by atoms with Crippen LogP contribution in [0, 0.1) is 16.7 Å². The predicted octanol–water partition coefficient (Wildman–Crippen LogP) is 2.55. The van der Waals surface area contributed by atoms with Gasteiger partial charge in [-0.1, -0.05) is 6.07 Å². The van der Waals surface area contributed by atoms with Crippen LogP contribution in [0.1, 0.15) is 31.4 Å². The van der Waals surface area contributed by atoms with Crippen molar-refractivity contribution in [1.29, 1.82) is 5.26 Å². The van der Waals surface area contributed by atoms with Gasteiger partial charge in [0.15, 0.2) is 0 Å². The number of imidazole rings is 1. The first-order chi connectivity index (χ1) is 13.3. The molecule has 0 unspecified atom stereocenters. The van der Waals surface area contributed by atoms with Crippen molar-refractivity contribution >= 4 is 5.65 Å². The lowest BCUT2D eigenvalue weighted by molar-refractivity contribution is 0.0339. The largest absolute Gasteiger partial charge is 0.381 e.